The van der Waals surface area contributed by atoms with Gasteiger partial charge in [0.1, 0.15) is 0 Å². The van der Waals surface area contributed by atoms with Crippen molar-refractivity contribution in [2.24, 2.45) is 0 Å². The van der Waals surface area contributed by atoms with E-state index >= 15 is 0 Å². The molecule has 0 fully saturated rings. The maximum absolute atomic E-state index is 11.8. The predicted octanol–water partition coefficient (Wildman–Crippen LogP) is 3.68. The van der Waals surface area contributed by atoms with Gasteiger partial charge in [-0.05, 0) is 31.7 Å². The molecule has 0 amide bonds. The van der Waals surface area contributed by atoms with E-state index in [-0.39, 0.29) is 6.67 Å². The largest absolute Gasteiger partial charge is 0.251 e. The van der Waals surface area contributed by atoms with E-state index in [1.165, 1.54) is 11.1 Å². The summed E-state index contributed by atoms with van der Waals surface area (Å²) in [5.74, 6) is 0. The maximum Gasteiger partial charge on any atom is 0.0894 e. The van der Waals surface area contributed by atoms with Crippen LogP contribution >= 0.6 is 0 Å². The van der Waals surface area contributed by atoms with Gasteiger partial charge in [0.15, 0.2) is 0 Å². The molecule has 72 valence electrons. The van der Waals surface area contributed by atoms with Crippen molar-refractivity contribution < 1.29 is 4.39 Å². The van der Waals surface area contributed by atoms with Crippen LogP contribution in [0.5, 0.6) is 0 Å². The molecule has 0 unspecified atom stereocenters. The summed E-state index contributed by atoms with van der Waals surface area (Å²) in [4.78, 5) is 0. The van der Waals surface area contributed by atoms with E-state index < -0.39 is 0 Å². The minimum absolute atomic E-state index is 0.173. The van der Waals surface area contributed by atoms with Crippen LogP contribution in [0.3, 0.4) is 0 Å². The normalized spacial score (nSPS) is 10.3. The van der Waals surface area contributed by atoms with E-state index in [0.717, 1.165) is 19.3 Å². The van der Waals surface area contributed by atoms with Crippen molar-refractivity contribution in [1.29, 1.82) is 0 Å². The highest BCUT2D eigenvalue weighted by atomic mass is 19.1. The van der Waals surface area contributed by atoms with Crippen LogP contribution in [-0.4, -0.2) is 6.67 Å². The van der Waals surface area contributed by atoms with Crippen LogP contribution in [0.4, 0.5) is 4.39 Å². The van der Waals surface area contributed by atoms with Crippen LogP contribution in [0, 0.1) is 6.92 Å². The van der Waals surface area contributed by atoms with Gasteiger partial charge < -0.3 is 0 Å². The van der Waals surface area contributed by atoms with Gasteiger partial charge in [0.25, 0.3) is 0 Å². The van der Waals surface area contributed by atoms with Gasteiger partial charge in [-0.3, -0.25) is 4.39 Å². The van der Waals surface area contributed by atoms with E-state index in [9.17, 15) is 4.39 Å². The molecule has 1 rings (SSSR count). The van der Waals surface area contributed by atoms with Gasteiger partial charge in [0.05, 0.1) is 6.67 Å². The van der Waals surface area contributed by atoms with Crippen LogP contribution in [0.15, 0.2) is 24.3 Å². The molecule has 0 heterocycles. The van der Waals surface area contributed by atoms with Crippen molar-refractivity contribution in [1.82, 2.24) is 0 Å². The SMILES string of the molecule is Cc1ccc(CCCCCF)cc1. The summed E-state index contributed by atoms with van der Waals surface area (Å²) >= 11 is 0. The fourth-order valence-electron chi connectivity index (χ4n) is 1.36. The number of hydrogen-bond donors (Lipinski definition) is 0. The summed E-state index contributed by atoms with van der Waals surface area (Å²) in [5, 5.41) is 0. The molecular formula is C12H17F. The smallest absolute Gasteiger partial charge is 0.0894 e. The summed E-state index contributed by atoms with van der Waals surface area (Å²) in [7, 11) is 0. The van der Waals surface area contributed by atoms with Crippen LogP contribution in [-0.2, 0) is 6.42 Å². The molecule has 0 aliphatic rings. The van der Waals surface area contributed by atoms with E-state index in [2.05, 4.69) is 31.2 Å². The number of benzene rings is 1. The molecule has 1 aromatic rings. The lowest BCUT2D eigenvalue weighted by atomic mass is 10.1. The molecule has 0 nitrogen and oxygen atoms in total. The molecular weight excluding hydrogens is 163 g/mol. The Morgan fingerprint density at radius 1 is 1.00 bits per heavy atom. The zero-order valence-corrected chi connectivity index (χ0v) is 8.22. The van der Waals surface area contributed by atoms with Crippen LogP contribution in [0.1, 0.15) is 30.4 Å². The van der Waals surface area contributed by atoms with Crippen molar-refractivity contribution in [2.45, 2.75) is 32.6 Å². The van der Waals surface area contributed by atoms with Crippen LogP contribution in [0.2, 0.25) is 0 Å². The molecule has 0 aromatic heterocycles. The number of aryl methyl sites for hydroxylation is 2. The molecule has 0 bridgehead atoms. The molecule has 0 spiro atoms. The Bertz CT molecular complexity index is 225. The van der Waals surface area contributed by atoms with E-state index in [0.29, 0.717) is 6.42 Å². The van der Waals surface area contributed by atoms with Crippen molar-refractivity contribution >= 4 is 0 Å². The molecule has 13 heavy (non-hydrogen) atoms. The second-order valence-corrected chi connectivity index (χ2v) is 3.49. The lowest BCUT2D eigenvalue weighted by Crippen LogP contribution is -1.86. The van der Waals surface area contributed by atoms with Gasteiger partial charge in [-0.15, -0.1) is 0 Å². The Kier molecular flexibility index (Phi) is 4.52. The summed E-state index contributed by atoms with van der Waals surface area (Å²) in [6.45, 7) is 1.92. The summed E-state index contributed by atoms with van der Waals surface area (Å²) in [6.07, 6.45) is 3.91. The van der Waals surface area contributed by atoms with Gasteiger partial charge in [-0.2, -0.15) is 0 Å². The van der Waals surface area contributed by atoms with Gasteiger partial charge in [-0.25, -0.2) is 0 Å². The van der Waals surface area contributed by atoms with Crippen molar-refractivity contribution in [2.75, 3.05) is 6.67 Å². The molecule has 1 heteroatoms. The summed E-state index contributed by atoms with van der Waals surface area (Å²) in [6, 6.07) is 8.57. The second-order valence-electron chi connectivity index (χ2n) is 3.49. The molecule has 1 aromatic carbocycles. The van der Waals surface area contributed by atoms with Gasteiger partial charge in [0, 0.05) is 0 Å². The lowest BCUT2D eigenvalue weighted by Gasteiger charge is -2.00. The predicted molar refractivity (Wildman–Crippen MR) is 54.7 cm³/mol. The highest BCUT2D eigenvalue weighted by molar-refractivity contribution is 5.21. The Hall–Kier alpha value is -0.850. The molecule has 0 aliphatic heterocycles. The molecule has 0 saturated heterocycles. The topological polar surface area (TPSA) is 0 Å². The Labute approximate surface area is 79.8 Å². The first kappa shape index (κ1) is 10.2. The van der Waals surface area contributed by atoms with Crippen LogP contribution in [0.25, 0.3) is 0 Å². The first-order chi connectivity index (χ1) is 6.33. The third-order valence-corrected chi connectivity index (χ3v) is 2.22. The number of rotatable bonds is 5. The average molecular weight is 180 g/mol. The summed E-state index contributed by atoms with van der Waals surface area (Å²) < 4.78 is 11.8. The first-order valence-electron chi connectivity index (χ1n) is 4.94. The third-order valence-electron chi connectivity index (χ3n) is 2.22. The Morgan fingerprint density at radius 3 is 2.31 bits per heavy atom. The quantitative estimate of drug-likeness (QED) is 0.606. The lowest BCUT2D eigenvalue weighted by molar-refractivity contribution is 0.456. The number of unbranched alkanes of at least 4 members (excludes halogenated alkanes) is 2. The monoisotopic (exact) mass is 180 g/mol. The maximum atomic E-state index is 11.8. The Balaban J connectivity index is 2.25. The van der Waals surface area contributed by atoms with Crippen LogP contribution < -0.4 is 0 Å². The van der Waals surface area contributed by atoms with Gasteiger partial charge in [0.2, 0.25) is 0 Å². The minimum Gasteiger partial charge on any atom is -0.251 e. The standard InChI is InChI=1S/C12H17F/c1-11-6-8-12(9-7-11)5-3-2-4-10-13/h6-9H,2-5,10H2,1H3. The Morgan fingerprint density at radius 2 is 1.69 bits per heavy atom. The van der Waals surface area contributed by atoms with Crippen molar-refractivity contribution in [3.05, 3.63) is 35.4 Å². The molecule has 0 aliphatic carbocycles. The highest BCUT2D eigenvalue weighted by Crippen LogP contribution is 2.08. The van der Waals surface area contributed by atoms with Gasteiger partial charge >= 0.3 is 0 Å². The van der Waals surface area contributed by atoms with Crippen molar-refractivity contribution in [3.63, 3.8) is 0 Å². The van der Waals surface area contributed by atoms with E-state index in [1.807, 2.05) is 0 Å². The zero-order chi connectivity index (χ0) is 9.52. The fourth-order valence-corrected chi connectivity index (χ4v) is 1.36. The van der Waals surface area contributed by atoms with E-state index in [4.69, 9.17) is 0 Å². The molecule has 0 N–H and O–H groups in total. The average Bonchev–Trinajstić information content (AvgIpc) is 2.15. The van der Waals surface area contributed by atoms with Crippen molar-refractivity contribution in [3.8, 4) is 0 Å². The van der Waals surface area contributed by atoms with E-state index in [1.54, 1.807) is 0 Å². The zero-order valence-electron chi connectivity index (χ0n) is 8.22. The first-order valence-corrected chi connectivity index (χ1v) is 4.94. The summed E-state index contributed by atoms with van der Waals surface area (Å²) in [5.41, 5.74) is 2.66. The number of alkyl halides is 1. The molecule has 0 atom stereocenters. The second kappa shape index (κ2) is 5.74. The fraction of sp³-hybridized carbons (Fsp3) is 0.500. The minimum atomic E-state index is -0.173. The number of halogens is 1. The third kappa shape index (κ3) is 4.07. The molecule has 0 radical (unpaired) electrons. The number of hydrogen-bond acceptors (Lipinski definition) is 0. The highest BCUT2D eigenvalue weighted by Gasteiger charge is 1.92. The molecule has 0 saturated carbocycles. The van der Waals surface area contributed by atoms with Gasteiger partial charge in [-0.1, -0.05) is 36.2 Å².